The van der Waals surface area contributed by atoms with E-state index in [1.54, 1.807) is 24.8 Å². The molecular formula is C19H20N2O2S. The topological polar surface area (TPSA) is 44.2 Å². The van der Waals surface area contributed by atoms with E-state index in [0.717, 1.165) is 41.8 Å². The maximum absolute atomic E-state index is 6.10. The van der Waals surface area contributed by atoms with Gasteiger partial charge in [0.15, 0.2) is 0 Å². The molecule has 0 bridgehead atoms. The lowest BCUT2D eigenvalue weighted by Crippen LogP contribution is -1.99. The van der Waals surface area contributed by atoms with Crippen molar-refractivity contribution in [3.8, 4) is 11.6 Å². The van der Waals surface area contributed by atoms with Crippen molar-refractivity contribution in [3.05, 3.63) is 46.6 Å². The van der Waals surface area contributed by atoms with Crippen molar-refractivity contribution in [1.82, 2.24) is 9.97 Å². The second kappa shape index (κ2) is 6.87. The fourth-order valence-electron chi connectivity index (χ4n) is 3.19. The number of aryl methyl sites for hydroxylation is 2. The molecule has 0 saturated carbocycles. The van der Waals surface area contributed by atoms with E-state index in [2.05, 4.69) is 22.1 Å². The largest absolute Gasteiger partial charge is 0.438 e. The zero-order valence-electron chi connectivity index (χ0n) is 13.7. The standard InChI is InChI=1S/C19H20N2O2S/c1-22-11-10-13-6-8-14(9-7-13)23-18-17-15-4-2-3-5-16(15)24-19(17)21-12-20-18/h6-9,12H,2-5,10-11H2,1H3. The van der Waals surface area contributed by atoms with Crippen LogP contribution in [-0.2, 0) is 24.0 Å². The summed E-state index contributed by atoms with van der Waals surface area (Å²) in [5.74, 6) is 1.50. The minimum Gasteiger partial charge on any atom is -0.438 e. The monoisotopic (exact) mass is 340 g/mol. The van der Waals surface area contributed by atoms with Crippen molar-refractivity contribution < 1.29 is 9.47 Å². The van der Waals surface area contributed by atoms with Crippen LogP contribution in [0.3, 0.4) is 0 Å². The molecule has 5 heteroatoms. The Balaban J connectivity index is 1.63. The first-order valence-electron chi connectivity index (χ1n) is 8.36. The van der Waals surface area contributed by atoms with Crippen LogP contribution >= 0.6 is 11.3 Å². The first-order valence-corrected chi connectivity index (χ1v) is 9.18. The minimum atomic E-state index is 0.684. The lowest BCUT2D eigenvalue weighted by Gasteiger charge is -2.12. The van der Waals surface area contributed by atoms with E-state index in [-0.39, 0.29) is 0 Å². The van der Waals surface area contributed by atoms with E-state index < -0.39 is 0 Å². The molecule has 2 aromatic heterocycles. The van der Waals surface area contributed by atoms with Crippen molar-refractivity contribution in [3.63, 3.8) is 0 Å². The molecular weight excluding hydrogens is 320 g/mol. The summed E-state index contributed by atoms with van der Waals surface area (Å²) >= 11 is 1.79. The molecule has 0 fully saturated rings. The number of methoxy groups -OCH3 is 1. The van der Waals surface area contributed by atoms with Gasteiger partial charge < -0.3 is 9.47 Å². The summed E-state index contributed by atoms with van der Waals surface area (Å²) in [7, 11) is 1.72. The predicted octanol–water partition coefficient (Wildman–Crippen LogP) is 4.55. The average Bonchev–Trinajstić information content (AvgIpc) is 3.01. The number of benzene rings is 1. The Bertz CT molecular complexity index is 842. The number of nitrogens with zero attached hydrogens (tertiary/aromatic N) is 2. The molecule has 124 valence electrons. The zero-order valence-corrected chi connectivity index (χ0v) is 14.6. The summed E-state index contributed by atoms with van der Waals surface area (Å²) in [4.78, 5) is 11.4. The van der Waals surface area contributed by atoms with Gasteiger partial charge in [0.25, 0.3) is 0 Å². The summed E-state index contributed by atoms with van der Waals surface area (Å²) in [6.07, 6.45) is 7.28. The molecule has 0 radical (unpaired) electrons. The average molecular weight is 340 g/mol. The van der Waals surface area contributed by atoms with E-state index in [9.17, 15) is 0 Å². The van der Waals surface area contributed by atoms with Gasteiger partial charge in [-0.2, -0.15) is 0 Å². The lowest BCUT2D eigenvalue weighted by atomic mass is 9.97. The van der Waals surface area contributed by atoms with Gasteiger partial charge in [-0.05, 0) is 55.4 Å². The zero-order chi connectivity index (χ0) is 16.4. The van der Waals surface area contributed by atoms with Gasteiger partial charge in [0.2, 0.25) is 5.88 Å². The van der Waals surface area contributed by atoms with E-state index in [0.29, 0.717) is 5.88 Å². The molecule has 1 aliphatic carbocycles. The van der Waals surface area contributed by atoms with Crippen molar-refractivity contribution in [2.24, 2.45) is 0 Å². The van der Waals surface area contributed by atoms with Crippen LogP contribution in [-0.4, -0.2) is 23.7 Å². The van der Waals surface area contributed by atoms with E-state index in [1.165, 1.54) is 28.8 Å². The Kier molecular flexibility index (Phi) is 4.45. The van der Waals surface area contributed by atoms with Crippen molar-refractivity contribution >= 4 is 21.6 Å². The van der Waals surface area contributed by atoms with Crippen LogP contribution in [0, 0.1) is 0 Å². The fraction of sp³-hybridized carbons (Fsp3) is 0.368. The van der Waals surface area contributed by atoms with E-state index >= 15 is 0 Å². The molecule has 3 aromatic rings. The molecule has 0 atom stereocenters. The molecule has 24 heavy (non-hydrogen) atoms. The van der Waals surface area contributed by atoms with Gasteiger partial charge in [-0.15, -0.1) is 11.3 Å². The Morgan fingerprint density at radius 1 is 1.08 bits per heavy atom. The van der Waals surface area contributed by atoms with Gasteiger partial charge in [-0.25, -0.2) is 9.97 Å². The third kappa shape index (κ3) is 3.01. The van der Waals surface area contributed by atoms with Crippen LogP contribution in [0.5, 0.6) is 11.6 Å². The second-order valence-corrected chi connectivity index (χ2v) is 7.14. The van der Waals surface area contributed by atoms with Crippen LogP contribution in [0.1, 0.15) is 28.8 Å². The lowest BCUT2D eigenvalue weighted by molar-refractivity contribution is 0.202. The smallest absolute Gasteiger partial charge is 0.231 e. The molecule has 0 amide bonds. The highest BCUT2D eigenvalue weighted by atomic mass is 32.1. The minimum absolute atomic E-state index is 0.684. The molecule has 2 heterocycles. The number of fused-ring (bicyclic) bond motifs is 3. The Morgan fingerprint density at radius 3 is 2.75 bits per heavy atom. The molecule has 1 aliphatic rings. The first-order chi connectivity index (χ1) is 11.8. The fourth-order valence-corrected chi connectivity index (χ4v) is 4.41. The van der Waals surface area contributed by atoms with E-state index in [1.807, 2.05) is 12.1 Å². The predicted molar refractivity (Wildman–Crippen MR) is 96.2 cm³/mol. The third-order valence-corrected chi connectivity index (χ3v) is 5.65. The summed E-state index contributed by atoms with van der Waals surface area (Å²) < 4.78 is 11.2. The Hall–Kier alpha value is -1.98. The summed E-state index contributed by atoms with van der Waals surface area (Å²) in [5, 5.41) is 1.11. The highest BCUT2D eigenvalue weighted by Gasteiger charge is 2.20. The van der Waals surface area contributed by atoms with Gasteiger partial charge in [-0.3, -0.25) is 0 Å². The Morgan fingerprint density at radius 2 is 1.92 bits per heavy atom. The van der Waals surface area contributed by atoms with Gasteiger partial charge in [0, 0.05) is 12.0 Å². The molecule has 0 aliphatic heterocycles. The summed E-state index contributed by atoms with van der Waals surface area (Å²) in [5.41, 5.74) is 2.64. The maximum Gasteiger partial charge on any atom is 0.231 e. The number of ether oxygens (including phenoxy) is 2. The highest BCUT2D eigenvalue weighted by molar-refractivity contribution is 7.18. The van der Waals surface area contributed by atoms with Crippen molar-refractivity contribution in [1.29, 1.82) is 0 Å². The third-order valence-electron chi connectivity index (χ3n) is 4.45. The second-order valence-electron chi connectivity index (χ2n) is 6.06. The van der Waals surface area contributed by atoms with Gasteiger partial charge >= 0.3 is 0 Å². The molecule has 1 aromatic carbocycles. The molecule has 0 unspecified atom stereocenters. The molecule has 0 saturated heterocycles. The maximum atomic E-state index is 6.10. The molecule has 0 N–H and O–H groups in total. The number of thiophene rings is 1. The van der Waals surface area contributed by atoms with Crippen molar-refractivity contribution in [2.45, 2.75) is 32.1 Å². The number of hydrogen-bond donors (Lipinski definition) is 0. The van der Waals surface area contributed by atoms with Gasteiger partial charge in [0.1, 0.15) is 16.9 Å². The molecule has 0 spiro atoms. The van der Waals surface area contributed by atoms with Crippen LogP contribution in [0.15, 0.2) is 30.6 Å². The molecule has 4 nitrogen and oxygen atoms in total. The number of hydrogen-bond acceptors (Lipinski definition) is 5. The van der Waals surface area contributed by atoms with E-state index in [4.69, 9.17) is 9.47 Å². The highest BCUT2D eigenvalue weighted by Crippen LogP contribution is 2.40. The van der Waals surface area contributed by atoms with Crippen LogP contribution in [0.25, 0.3) is 10.2 Å². The number of rotatable bonds is 5. The Labute approximate surface area is 145 Å². The number of aromatic nitrogens is 2. The van der Waals surface area contributed by atoms with Crippen LogP contribution in [0.4, 0.5) is 0 Å². The SMILES string of the molecule is COCCc1ccc(Oc2ncnc3sc4c(c23)CCCC4)cc1. The normalized spacial score (nSPS) is 13.9. The molecule has 4 rings (SSSR count). The van der Waals surface area contributed by atoms with Gasteiger partial charge in [0.05, 0.1) is 12.0 Å². The van der Waals surface area contributed by atoms with Crippen LogP contribution < -0.4 is 4.74 Å². The summed E-state index contributed by atoms with van der Waals surface area (Å²) in [6, 6.07) is 8.15. The van der Waals surface area contributed by atoms with Gasteiger partial charge in [-0.1, -0.05) is 12.1 Å². The first kappa shape index (κ1) is 15.5. The quantitative estimate of drug-likeness (QED) is 0.683. The summed E-state index contributed by atoms with van der Waals surface area (Å²) in [6.45, 7) is 0.730. The van der Waals surface area contributed by atoms with Crippen LogP contribution in [0.2, 0.25) is 0 Å². The van der Waals surface area contributed by atoms with Crippen molar-refractivity contribution in [2.75, 3.05) is 13.7 Å².